The monoisotopic (exact) mass is 486 g/mol. The first-order valence-electron chi connectivity index (χ1n) is 9.56. The van der Waals surface area contributed by atoms with Crippen LogP contribution in [0.2, 0.25) is 5.02 Å². The van der Waals surface area contributed by atoms with E-state index >= 15 is 0 Å². The maximum Gasteiger partial charge on any atom is 0.266 e. The lowest BCUT2D eigenvalue weighted by Crippen LogP contribution is -2.28. The van der Waals surface area contributed by atoms with Gasteiger partial charge in [-0.15, -0.1) is 0 Å². The summed E-state index contributed by atoms with van der Waals surface area (Å²) in [4.78, 5) is 25.4. The van der Waals surface area contributed by atoms with E-state index in [4.69, 9.17) is 23.1 Å². The van der Waals surface area contributed by atoms with Crippen LogP contribution >= 0.6 is 11.6 Å². The minimum Gasteiger partial charge on any atom is -0.382 e. The number of anilines is 3. The van der Waals surface area contributed by atoms with Gasteiger partial charge in [-0.1, -0.05) is 11.6 Å². The molecular formula is C21H14ClF3N8O. The van der Waals surface area contributed by atoms with Crippen molar-refractivity contribution in [1.29, 1.82) is 5.26 Å². The smallest absolute Gasteiger partial charge is 0.266 e. The molecule has 0 aliphatic rings. The third-order valence-corrected chi connectivity index (χ3v) is 5.12. The van der Waals surface area contributed by atoms with Gasteiger partial charge in [0.15, 0.2) is 5.82 Å². The van der Waals surface area contributed by atoms with Crippen LogP contribution in [0.1, 0.15) is 24.4 Å². The van der Waals surface area contributed by atoms with Crippen LogP contribution in [0, 0.1) is 28.8 Å². The first kappa shape index (κ1) is 22.8. The van der Waals surface area contributed by atoms with E-state index in [-0.39, 0.29) is 50.6 Å². The van der Waals surface area contributed by atoms with Crippen molar-refractivity contribution in [2.24, 2.45) is 0 Å². The number of nitriles is 1. The molecule has 0 fully saturated rings. The molecule has 0 bridgehead atoms. The zero-order valence-corrected chi connectivity index (χ0v) is 18.0. The molecular weight excluding hydrogens is 473 g/mol. The molecule has 5 N–H and O–H groups in total. The second kappa shape index (κ2) is 8.53. The van der Waals surface area contributed by atoms with E-state index in [0.717, 1.165) is 28.8 Å². The lowest BCUT2D eigenvalue weighted by Gasteiger charge is -2.21. The zero-order valence-electron chi connectivity index (χ0n) is 17.3. The number of hydrogen-bond donors (Lipinski definition) is 3. The summed E-state index contributed by atoms with van der Waals surface area (Å²) in [7, 11) is 0. The van der Waals surface area contributed by atoms with Gasteiger partial charge in [-0.3, -0.25) is 9.36 Å². The van der Waals surface area contributed by atoms with Gasteiger partial charge in [0, 0.05) is 6.07 Å². The molecule has 0 aliphatic carbocycles. The van der Waals surface area contributed by atoms with Gasteiger partial charge in [0.25, 0.3) is 5.56 Å². The molecule has 0 saturated carbocycles. The zero-order chi connectivity index (χ0) is 24.7. The highest BCUT2D eigenvalue weighted by molar-refractivity contribution is 6.35. The Balaban J connectivity index is 2.00. The van der Waals surface area contributed by atoms with Crippen LogP contribution in [0.25, 0.3) is 16.6 Å². The Morgan fingerprint density at radius 2 is 1.71 bits per heavy atom. The number of fused-ring (bicyclic) bond motifs is 1. The van der Waals surface area contributed by atoms with Gasteiger partial charge in [-0.25, -0.2) is 18.2 Å². The molecule has 0 amide bonds. The van der Waals surface area contributed by atoms with Crippen LogP contribution in [-0.2, 0) is 0 Å². The lowest BCUT2D eigenvalue weighted by molar-refractivity contribution is 0.579. The number of nitrogens with one attached hydrogen (secondary N) is 1. The number of rotatable bonds is 4. The van der Waals surface area contributed by atoms with Crippen molar-refractivity contribution in [3.63, 3.8) is 0 Å². The number of hydrogen-bond acceptors (Lipinski definition) is 8. The fourth-order valence-electron chi connectivity index (χ4n) is 3.42. The van der Waals surface area contributed by atoms with Crippen LogP contribution in [-0.4, -0.2) is 19.5 Å². The van der Waals surface area contributed by atoms with Crippen LogP contribution in [0.15, 0.2) is 35.1 Å². The van der Waals surface area contributed by atoms with Crippen molar-refractivity contribution in [3.05, 3.63) is 74.5 Å². The van der Waals surface area contributed by atoms with Gasteiger partial charge in [0.05, 0.1) is 27.7 Å². The first-order chi connectivity index (χ1) is 16.1. The molecule has 13 heteroatoms. The van der Waals surface area contributed by atoms with Crippen LogP contribution in [0.5, 0.6) is 0 Å². The Bertz CT molecular complexity index is 1550. The SMILES string of the molecule is C[C@H](Nc1nc(N)nc(N)c1C#N)c1nc2c(Cl)cc(F)cc2c(=O)n1-c1cc(F)cc(F)c1. The Hall–Kier alpha value is -4.37. The molecule has 4 aromatic rings. The highest BCUT2D eigenvalue weighted by Gasteiger charge is 2.23. The molecule has 1 atom stereocenters. The minimum absolute atomic E-state index is 0.0351. The van der Waals surface area contributed by atoms with Gasteiger partial charge in [-0.2, -0.15) is 15.2 Å². The summed E-state index contributed by atoms with van der Waals surface area (Å²) in [6.45, 7) is 1.53. The quantitative estimate of drug-likeness (QED) is 0.397. The molecule has 2 heterocycles. The fraction of sp³-hybridized carbons (Fsp3) is 0.0952. The van der Waals surface area contributed by atoms with Crippen molar-refractivity contribution < 1.29 is 13.2 Å². The fourth-order valence-corrected chi connectivity index (χ4v) is 3.67. The molecule has 4 rings (SSSR count). The highest BCUT2D eigenvalue weighted by Crippen LogP contribution is 2.28. The molecule has 0 spiro atoms. The third-order valence-electron chi connectivity index (χ3n) is 4.83. The standard InChI is InChI=1S/C21H14ClF3N8O/c1-8(29-18-14(7-26)17(27)31-21(28)32-18)19-30-16-13(5-11(25)6-15(16)22)20(34)33(19)12-3-9(23)2-10(24)4-12/h2-6,8H,1H3,(H5,27,28,29,31,32)/t8-/m0/s1. The van der Waals surface area contributed by atoms with Crippen molar-refractivity contribution in [3.8, 4) is 11.8 Å². The number of benzene rings is 2. The second-order valence-corrected chi connectivity index (χ2v) is 7.60. The number of halogens is 4. The molecule has 0 unspecified atom stereocenters. The predicted octanol–water partition coefficient (Wildman–Crippen LogP) is 3.46. The number of aromatic nitrogens is 4. The van der Waals surface area contributed by atoms with Crippen molar-refractivity contribution in [1.82, 2.24) is 19.5 Å². The molecule has 2 aromatic carbocycles. The van der Waals surface area contributed by atoms with Crippen LogP contribution in [0.4, 0.5) is 30.8 Å². The largest absolute Gasteiger partial charge is 0.382 e. The maximum absolute atomic E-state index is 14.0. The van der Waals surface area contributed by atoms with Crippen molar-refractivity contribution in [2.45, 2.75) is 13.0 Å². The average molecular weight is 487 g/mol. The van der Waals surface area contributed by atoms with E-state index in [1.165, 1.54) is 6.92 Å². The summed E-state index contributed by atoms with van der Waals surface area (Å²) in [5, 5.41) is 11.9. The normalized spacial score (nSPS) is 11.9. The van der Waals surface area contributed by atoms with Gasteiger partial charge in [0.2, 0.25) is 5.95 Å². The molecule has 9 nitrogen and oxygen atoms in total. The van der Waals surface area contributed by atoms with E-state index in [9.17, 15) is 23.2 Å². The summed E-state index contributed by atoms with van der Waals surface area (Å²) in [6, 6.07) is 5.28. The van der Waals surface area contributed by atoms with Crippen molar-refractivity contribution in [2.75, 3.05) is 16.8 Å². The van der Waals surface area contributed by atoms with E-state index in [1.807, 2.05) is 6.07 Å². The maximum atomic E-state index is 14.0. The molecule has 0 aliphatic heterocycles. The van der Waals surface area contributed by atoms with E-state index in [0.29, 0.717) is 6.07 Å². The highest BCUT2D eigenvalue weighted by atomic mass is 35.5. The summed E-state index contributed by atoms with van der Waals surface area (Å²) in [5.74, 6) is -3.23. The van der Waals surface area contributed by atoms with Gasteiger partial charge >= 0.3 is 0 Å². The van der Waals surface area contributed by atoms with Crippen molar-refractivity contribution >= 4 is 40.1 Å². The molecule has 172 valence electrons. The van der Waals surface area contributed by atoms with E-state index in [1.54, 1.807) is 0 Å². The summed E-state index contributed by atoms with van der Waals surface area (Å²) in [5.41, 5.74) is 10.2. The topological polar surface area (TPSA) is 149 Å². The van der Waals surface area contributed by atoms with Crippen LogP contribution in [0.3, 0.4) is 0 Å². The molecule has 0 radical (unpaired) electrons. The Morgan fingerprint density at radius 1 is 1.06 bits per heavy atom. The molecule has 2 aromatic heterocycles. The molecule has 34 heavy (non-hydrogen) atoms. The third kappa shape index (κ3) is 4.04. The summed E-state index contributed by atoms with van der Waals surface area (Å²) >= 11 is 6.12. The lowest BCUT2D eigenvalue weighted by atomic mass is 10.2. The Kier molecular flexibility index (Phi) is 5.72. The predicted molar refractivity (Wildman–Crippen MR) is 120 cm³/mol. The van der Waals surface area contributed by atoms with Gasteiger partial charge in [-0.05, 0) is 31.2 Å². The Morgan fingerprint density at radius 3 is 2.35 bits per heavy atom. The summed E-state index contributed by atoms with van der Waals surface area (Å²) in [6.07, 6.45) is 0. The van der Waals surface area contributed by atoms with E-state index in [2.05, 4.69) is 20.3 Å². The summed E-state index contributed by atoms with van der Waals surface area (Å²) < 4.78 is 42.9. The average Bonchev–Trinajstić information content (AvgIpc) is 2.73. The number of nitrogens with two attached hydrogens (primary N) is 2. The van der Waals surface area contributed by atoms with Gasteiger partial charge in [0.1, 0.15) is 40.7 Å². The second-order valence-electron chi connectivity index (χ2n) is 7.19. The number of nitrogen functional groups attached to an aromatic ring is 2. The van der Waals surface area contributed by atoms with E-state index < -0.39 is 29.1 Å². The Labute approximate surface area is 194 Å². The number of nitrogens with zero attached hydrogens (tertiary/aromatic N) is 5. The molecule has 0 saturated heterocycles. The van der Waals surface area contributed by atoms with Crippen LogP contribution < -0.4 is 22.3 Å². The first-order valence-corrected chi connectivity index (χ1v) is 9.94. The minimum atomic E-state index is -0.950. The van der Waals surface area contributed by atoms with Gasteiger partial charge < -0.3 is 16.8 Å².